The van der Waals surface area contributed by atoms with Crippen LogP contribution in [-0.4, -0.2) is 44.3 Å². The lowest BCUT2D eigenvalue weighted by Gasteiger charge is -2.29. The molecule has 0 spiro atoms. The van der Waals surface area contributed by atoms with Gasteiger partial charge in [-0.1, -0.05) is 0 Å². The Bertz CT molecular complexity index is 122. The summed E-state index contributed by atoms with van der Waals surface area (Å²) in [5.41, 5.74) is 5.83. The van der Waals surface area contributed by atoms with E-state index in [1.165, 1.54) is 45.3 Å². The quantitative estimate of drug-likeness (QED) is 0.647. The zero-order valence-electron chi connectivity index (χ0n) is 8.67. The fourth-order valence-corrected chi connectivity index (χ4v) is 1.76. The number of hydrogen-bond acceptors (Lipinski definition) is 3. The molecule has 0 aromatic carbocycles. The van der Waals surface area contributed by atoms with Crippen LogP contribution in [0.15, 0.2) is 0 Å². The Labute approximate surface area is 81.2 Å². The minimum atomic E-state index is 0.454. The molecule has 0 saturated carbocycles. The number of piperidine rings is 1. The van der Waals surface area contributed by atoms with Gasteiger partial charge in [0.05, 0.1) is 0 Å². The average Bonchev–Trinajstić information content (AvgIpc) is 2.15. The zero-order chi connectivity index (χ0) is 9.52. The number of nitrogens with zero attached hydrogens (tertiary/aromatic N) is 1. The fourth-order valence-electron chi connectivity index (χ4n) is 1.76. The molecule has 0 aromatic heterocycles. The van der Waals surface area contributed by atoms with E-state index in [9.17, 15) is 0 Å². The van der Waals surface area contributed by atoms with Crippen LogP contribution in [0.25, 0.3) is 0 Å². The van der Waals surface area contributed by atoms with Crippen molar-refractivity contribution < 1.29 is 4.74 Å². The third kappa shape index (κ3) is 4.60. The summed E-state index contributed by atoms with van der Waals surface area (Å²) < 4.78 is 5.01. The summed E-state index contributed by atoms with van der Waals surface area (Å²) in [5.74, 6) is 0. The van der Waals surface area contributed by atoms with Gasteiger partial charge in [-0.3, -0.25) is 0 Å². The third-order valence-electron chi connectivity index (χ3n) is 2.71. The molecule has 0 radical (unpaired) electrons. The third-order valence-corrected chi connectivity index (χ3v) is 2.71. The number of methoxy groups -OCH3 is 1. The molecule has 78 valence electrons. The zero-order valence-corrected chi connectivity index (χ0v) is 8.67. The summed E-state index contributed by atoms with van der Waals surface area (Å²) in [4.78, 5) is 2.51. The second-order valence-electron chi connectivity index (χ2n) is 3.88. The molecule has 0 aliphatic carbocycles. The standard InChI is InChI=1S/C10H22N2O/c1-13-9-3-2-6-12-7-4-10(11)5-8-12/h10H,2-9,11H2,1H3. The number of nitrogens with two attached hydrogens (primary N) is 1. The van der Waals surface area contributed by atoms with Crippen molar-refractivity contribution >= 4 is 0 Å². The highest BCUT2D eigenvalue weighted by Gasteiger charge is 2.14. The first-order valence-electron chi connectivity index (χ1n) is 5.30. The van der Waals surface area contributed by atoms with Gasteiger partial charge in [0.15, 0.2) is 0 Å². The number of ether oxygens (including phenoxy) is 1. The molecule has 3 nitrogen and oxygen atoms in total. The van der Waals surface area contributed by atoms with E-state index in [-0.39, 0.29) is 0 Å². The van der Waals surface area contributed by atoms with E-state index in [1.807, 2.05) is 0 Å². The van der Waals surface area contributed by atoms with Gasteiger partial charge in [0.25, 0.3) is 0 Å². The Morgan fingerprint density at radius 1 is 1.31 bits per heavy atom. The molecule has 0 aromatic rings. The van der Waals surface area contributed by atoms with Crippen LogP contribution >= 0.6 is 0 Å². The molecule has 2 N–H and O–H groups in total. The maximum Gasteiger partial charge on any atom is 0.0462 e. The van der Waals surface area contributed by atoms with Crippen LogP contribution in [-0.2, 0) is 4.74 Å². The summed E-state index contributed by atoms with van der Waals surface area (Å²) in [6, 6.07) is 0.454. The predicted molar refractivity (Wildman–Crippen MR) is 54.8 cm³/mol. The van der Waals surface area contributed by atoms with Crippen molar-refractivity contribution in [1.82, 2.24) is 4.90 Å². The maximum absolute atomic E-state index is 5.83. The van der Waals surface area contributed by atoms with Gasteiger partial charge in [0.1, 0.15) is 0 Å². The molecule has 1 saturated heterocycles. The highest BCUT2D eigenvalue weighted by molar-refractivity contribution is 4.73. The Kier molecular flexibility index (Phi) is 5.35. The lowest BCUT2D eigenvalue weighted by molar-refractivity contribution is 0.174. The highest BCUT2D eigenvalue weighted by Crippen LogP contribution is 2.08. The molecular weight excluding hydrogens is 164 g/mol. The summed E-state index contributed by atoms with van der Waals surface area (Å²) in [5, 5.41) is 0. The molecule has 3 heteroatoms. The van der Waals surface area contributed by atoms with Crippen molar-refractivity contribution in [2.24, 2.45) is 5.73 Å². The Hall–Kier alpha value is -0.120. The van der Waals surface area contributed by atoms with Crippen LogP contribution in [0.4, 0.5) is 0 Å². The number of unbranched alkanes of at least 4 members (excludes halogenated alkanes) is 1. The van der Waals surface area contributed by atoms with Crippen molar-refractivity contribution in [3.63, 3.8) is 0 Å². The van der Waals surface area contributed by atoms with E-state index in [0.29, 0.717) is 6.04 Å². The minimum Gasteiger partial charge on any atom is -0.385 e. The second kappa shape index (κ2) is 6.35. The van der Waals surface area contributed by atoms with E-state index >= 15 is 0 Å². The Balaban J connectivity index is 1.96. The lowest BCUT2D eigenvalue weighted by Crippen LogP contribution is -2.40. The monoisotopic (exact) mass is 186 g/mol. The highest BCUT2D eigenvalue weighted by atomic mass is 16.5. The summed E-state index contributed by atoms with van der Waals surface area (Å²) in [6.07, 6.45) is 4.77. The summed E-state index contributed by atoms with van der Waals surface area (Å²) in [7, 11) is 1.76. The molecule has 1 aliphatic heterocycles. The first-order chi connectivity index (χ1) is 6.33. The van der Waals surface area contributed by atoms with E-state index in [4.69, 9.17) is 10.5 Å². The van der Waals surface area contributed by atoms with E-state index in [1.54, 1.807) is 7.11 Å². The smallest absolute Gasteiger partial charge is 0.0462 e. The number of rotatable bonds is 5. The second-order valence-corrected chi connectivity index (χ2v) is 3.88. The van der Waals surface area contributed by atoms with E-state index in [2.05, 4.69) is 4.90 Å². The molecule has 1 heterocycles. The maximum atomic E-state index is 5.83. The minimum absolute atomic E-state index is 0.454. The first-order valence-corrected chi connectivity index (χ1v) is 5.30. The summed E-state index contributed by atoms with van der Waals surface area (Å²) in [6.45, 7) is 4.49. The van der Waals surface area contributed by atoms with Gasteiger partial charge in [0, 0.05) is 19.8 Å². The van der Waals surface area contributed by atoms with Crippen molar-refractivity contribution in [1.29, 1.82) is 0 Å². The van der Waals surface area contributed by atoms with E-state index < -0.39 is 0 Å². The van der Waals surface area contributed by atoms with Crippen LogP contribution in [0, 0.1) is 0 Å². The topological polar surface area (TPSA) is 38.5 Å². The van der Waals surface area contributed by atoms with Crippen molar-refractivity contribution in [2.45, 2.75) is 31.7 Å². The number of hydrogen-bond donors (Lipinski definition) is 1. The first kappa shape index (κ1) is 11.0. The molecule has 0 unspecified atom stereocenters. The van der Waals surface area contributed by atoms with Gasteiger partial charge in [0.2, 0.25) is 0 Å². The van der Waals surface area contributed by atoms with Crippen LogP contribution in [0.3, 0.4) is 0 Å². The molecular formula is C10H22N2O. The van der Waals surface area contributed by atoms with Crippen molar-refractivity contribution in [2.75, 3.05) is 33.4 Å². The van der Waals surface area contributed by atoms with Crippen LogP contribution in [0.2, 0.25) is 0 Å². The molecule has 1 aliphatic rings. The SMILES string of the molecule is COCCCCN1CCC(N)CC1. The van der Waals surface area contributed by atoms with E-state index in [0.717, 1.165) is 6.61 Å². The average molecular weight is 186 g/mol. The van der Waals surface area contributed by atoms with Crippen LogP contribution in [0.5, 0.6) is 0 Å². The summed E-state index contributed by atoms with van der Waals surface area (Å²) >= 11 is 0. The molecule has 1 fully saturated rings. The van der Waals surface area contributed by atoms with Crippen molar-refractivity contribution in [3.05, 3.63) is 0 Å². The van der Waals surface area contributed by atoms with Gasteiger partial charge in [-0.15, -0.1) is 0 Å². The van der Waals surface area contributed by atoms with Gasteiger partial charge < -0.3 is 15.4 Å². The number of likely N-dealkylation sites (tertiary alicyclic amines) is 1. The predicted octanol–water partition coefficient (Wildman–Crippen LogP) is 0.836. The molecule has 0 amide bonds. The Morgan fingerprint density at radius 3 is 2.62 bits per heavy atom. The van der Waals surface area contributed by atoms with Gasteiger partial charge in [-0.05, 0) is 45.3 Å². The normalized spacial score (nSPS) is 20.8. The van der Waals surface area contributed by atoms with Gasteiger partial charge >= 0.3 is 0 Å². The van der Waals surface area contributed by atoms with Crippen LogP contribution < -0.4 is 5.73 Å². The molecule has 1 rings (SSSR count). The molecule has 0 atom stereocenters. The molecule has 13 heavy (non-hydrogen) atoms. The Morgan fingerprint density at radius 2 is 2.00 bits per heavy atom. The lowest BCUT2D eigenvalue weighted by atomic mass is 10.1. The largest absolute Gasteiger partial charge is 0.385 e. The molecule has 0 bridgehead atoms. The van der Waals surface area contributed by atoms with Crippen LogP contribution in [0.1, 0.15) is 25.7 Å². The van der Waals surface area contributed by atoms with Gasteiger partial charge in [-0.25, -0.2) is 0 Å². The van der Waals surface area contributed by atoms with Crippen molar-refractivity contribution in [3.8, 4) is 0 Å². The van der Waals surface area contributed by atoms with Gasteiger partial charge in [-0.2, -0.15) is 0 Å². The fraction of sp³-hybridized carbons (Fsp3) is 1.00.